The van der Waals surface area contributed by atoms with E-state index < -0.39 is 0 Å². The van der Waals surface area contributed by atoms with Gasteiger partial charge >= 0.3 is 0 Å². The Balaban J connectivity index is 1.84. The number of thioether (sulfide) groups is 2. The summed E-state index contributed by atoms with van der Waals surface area (Å²) in [5.41, 5.74) is 0. The summed E-state index contributed by atoms with van der Waals surface area (Å²) in [5, 5.41) is 0. The molecule has 0 aromatic rings. The average Bonchev–Trinajstić information content (AvgIpc) is 2.26. The van der Waals surface area contributed by atoms with Crippen molar-refractivity contribution in [2.45, 2.75) is 51.4 Å². The van der Waals surface area contributed by atoms with Crippen molar-refractivity contribution in [2.75, 3.05) is 0 Å². The van der Waals surface area contributed by atoms with Crippen molar-refractivity contribution in [3.8, 4) is 0 Å². The molecule has 3 aliphatic rings. The van der Waals surface area contributed by atoms with Crippen LogP contribution in [0.2, 0.25) is 0 Å². The Hall–Kier alpha value is 0.180. The first-order chi connectivity index (χ1) is 6.93. The fraction of sp³-hybridized carbons (Fsp3) is 0.667. The zero-order valence-electron chi connectivity index (χ0n) is 8.47. The predicted octanol–water partition coefficient (Wildman–Crippen LogP) is 5.04. The molecule has 0 unspecified atom stereocenters. The third kappa shape index (κ3) is 1.67. The summed E-state index contributed by atoms with van der Waals surface area (Å²) in [6.45, 7) is 0. The standard InChI is InChI=1S/C12H16S2/c1-2-6-10-9(5-1)13-11-7-3-4-8-12(11)14-10/h1-8H2/i9+1,12+1. The summed E-state index contributed by atoms with van der Waals surface area (Å²) in [4.78, 5) is 6.90. The average molecular weight is 226 g/mol. The molecular formula is C12H16S2. The first kappa shape index (κ1) is 9.41. The smallest absolute Gasteiger partial charge is 0.000682 e. The van der Waals surface area contributed by atoms with Crippen molar-refractivity contribution in [2.24, 2.45) is 0 Å². The maximum absolute atomic E-state index is 2.14. The Morgan fingerprint density at radius 3 is 1.07 bits per heavy atom. The molecule has 0 aromatic carbocycles. The lowest BCUT2D eigenvalue weighted by molar-refractivity contribution is 0.703. The zero-order valence-corrected chi connectivity index (χ0v) is 10.1. The molecule has 0 saturated heterocycles. The number of hydrogen-bond acceptors (Lipinski definition) is 2. The predicted molar refractivity (Wildman–Crippen MR) is 66.2 cm³/mol. The van der Waals surface area contributed by atoms with Crippen LogP contribution in [0.15, 0.2) is 19.6 Å². The molecule has 0 fully saturated rings. The van der Waals surface area contributed by atoms with Gasteiger partial charge in [-0.15, -0.1) is 0 Å². The molecule has 0 amide bonds. The second-order valence-corrected chi connectivity index (χ2v) is 6.69. The monoisotopic (exact) mass is 226 g/mol. The van der Waals surface area contributed by atoms with Crippen LogP contribution in [-0.4, -0.2) is 0 Å². The Morgan fingerprint density at radius 2 is 0.786 bits per heavy atom. The van der Waals surface area contributed by atoms with E-state index in [1.54, 1.807) is 19.6 Å². The van der Waals surface area contributed by atoms with Gasteiger partial charge < -0.3 is 0 Å². The number of allylic oxidation sites excluding steroid dienone is 4. The van der Waals surface area contributed by atoms with Gasteiger partial charge in [0.25, 0.3) is 0 Å². The van der Waals surface area contributed by atoms with E-state index >= 15 is 0 Å². The summed E-state index contributed by atoms with van der Waals surface area (Å²) >= 11 is 4.28. The molecule has 0 aromatic heterocycles. The lowest BCUT2D eigenvalue weighted by Gasteiger charge is -2.29. The molecule has 3 rings (SSSR count). The third-order valence-electron chi connectivity index (χ3n) is 3.23. The highest BCUT2D eigenvalue weighted by Crippen LogP contribution is 2.54. The lowest BCUT2D eigenvalue weighted by Crippen LogP contribution is -2.04. The molecule has 76 valence electrons. The topological polar surface area (TPSA) is 0 Å². The van der Waals surface area contributed by atoms with E-state index in [0.29, 0.717) is 0 Å². The first-order valence-corrected chi connectivity index (χ1v) is 7.36. The van der Waals surface area contributed by atoms with Crippen LogP contribution in [0.3, 0.4) is 0 Å². The zero-order chi connectivity index (χ0) is 9.38. The fourth-order valence-electron chi connectivity index (χ4n) is 2.43. The molecule has 1 aliphatic heterocycles. The van der Waals surface area contributed by atoms with Gasteiger partial charge in [-0.1, -0.05) is 23.5 Å². The van der Waals surface area contributed by atoms with E-state index in [4.69, 9.17) is 0 Å². The number of rotatable bonds is 0. The van der Waals surface area contributed by atoms with E-state index in [-0.39, 0.29) is 0 Å². The van der Waals surface area contributed by atoms with E-state index in [2.05, 4.69) is 23.5 Å². The molecule has 1 heterocycles. The van der Waals surface area contributed by atoms with Gasteiger partial charge in [0.05, 0.1) is 0 Å². The Kier molecular flexibility index (Phi) is 2.67. The second kappa shape index (κ2) is 3.97. The van der Waals surface area contributed by atoms with Gasteiger partial charge in [0.1, 0.15) is 0 Å². The van der Waals surface area contributed by atoms with Crippen LogP contribution in [0.5, 0.6) is 0 Å². The molecule has 0 radical (unpaired) electrons. The Morgan fingerprint density at radius 1 is 0.500 bits per heavy atom. The highest BCUT2D eigenvalue weighted by atomic mass is 32.2. The normalized spacial score (nSPS) is 27.4. The molecule has 0 bridgehead atoms. The minimum atomic E-state index is 1.36. The summed E-state index contributed by atoms with van der Waals surface area (Å²) in [5.74, 6) is 0. The quantitative estimate of drug-likeness (QED) is 0.531. The van der Waals surface area contributed by atoms with Gasteiger partial charge in [-0.2, -0.15) is 0 Å². The molecule has 0 saturated carbocycles. The highest BCUT2D eigenvalue weighted by Gasteiger charge is 2.25. The van der Waals surface area contributed by atoms with Crippen LogP contribution < -0.4 is 0 Å². The van der Waals surface area contributed by atoms with Gasteiger partial charge in [0.2, 0.25) is 0 Å². The molecule has 0 N–H and O–H groups in total. The van der Waals surface area contributed by atoms with Crippen LogP contribution in [0.25, 0.3) is 0 Å². The van der Waals surface area contributed by atoms with Gasteiger partial charge in [0, 0.05) is 0 Å². The first-order valence-electron chi connectivity index (χ1n) is 5.73. The summed E-state index contributed by atoms with van der Waals surface area (Å²) in [6.07, 6.45) is 11.2. The molecule has 2 heteroatoms. The molecule has 2 aliphatic carbocycles. The van der Waals surface area contributed by atoms with Gasteiger partial charge in [-0.3, -0.25) is 0 Å². The second-order valence-electron chi connectivity index (χ2n) is 4.31. The molecule has 14 heavy (non-hydrogen) atoms. The van der Waals surface area contributed by atoms with Crippen molar-refractivity contribution in [1.29, 1.82) is 0 Å². The largest absolute Gasteiger partial charge is 0.0973 e. The van der Waals surface area contributed by atoms with Crippen LogP contribution in [0.4, 0.5) is 0 Å². The molecule has 0 spiro atoms. The van der Waals surface area contributed by atoms with Gasteiger partial charge in [-0.25, -0.2) is 0 Å². The maximum atomic E-state index is 2.14. The van der Waals surface area contributed by atoms with Gasteiger partial charge in [-0.05, 0) is 71.0 Å². The minimum absolute atomic E-state index is 1.36. The highest BCUT2D eigenvalue weighted by molar-refractivity contribution is 8.13. The summed E-state index contributed by atoms with van der Waals surface area (Å²) in [6, 6.07) is 0. The van der Waals surface area contributed by atoms with Gasteiger partial charge in [0.15, 0.2) is 0 Å². The van der Waals surface area contributed by atoms with Crippen molar-refractivity contribution in [1.82, 2.24) is 0 Å². The molecule has 0 atom stereocenters. The fourth-order valence-corrected chi connectivity index (χ4v) is 5.37. The van der Waals surface area contributed by atoms with Crippen molar-refractivity contribution in [3.05, 3.63) is 19.6 Å². The van der Waals surface area contributed by atoms with E-state index in [1.165, 1.54) is 51.4 Å². The van der Waals surface area contributed by atoms with Crippen molar-refractivity contribution >= 4 is 23.5 Å². The number of hydrogen-bond donors (Lipinski definition) is 0. The molecular weight excluding hydrogens is 210 g/mol. The third-order valence-corrected chi connectivity index (χ3v) is 6.28. The lowest BCUT2D eigenvalue weighted by atomic mass is 10.2. The Labute approximate surface area is 94.6 Å². The summed E-state index contributed by atoms with van der Waals surface area (Å²) in [7, 11) is 0. The van der Waals surface area contributed by atoms with Crippen LogP contribution >= 0.6 is 23.5 Å². The van der Waals surface area contributed by atoms with E-state index in [9.17, 15) is 0 Å². The van der Waals surface area contributed by atoms with Crippen LogP contribution in [0, 0.1) is 0 Å². The SMILES string of the molecule is C1CC[13C]2=C(C1)S[13C]1=C(CCCC1)S2. The van der Waals surface area contributed by atoms with Crippen LogP contribution in [-0.2, 0) is 0 Å². The van der Waals surface area contributed by atoms with Crippen molar-refractivity contribution in [3.63, 3.8) is 0 Å². The van der Waals surface area contributed by atoms with E-state index in [0.717, 1.165) is 0 Å². The maximum Gasteiger partial charge on any atom is -0.000682 e. The van der Waals surface area contributed by atoms with Crippen molar-refractivity contribution < 1.29 is 0 Å². The Bertz CT molecular complexity index is 252. The van der Waals surface area contributed by atoms with Crippen LogP contribution in [0.1, 0.15) is 51.4 Å². The van der Waals surface area contributed by atoms with E-state index in [1.807, 2.05) is 0 Å². The minimum Gasteiger partial charge on any atom is -0.0973 e. The summed E-state index contributed by atoms with van der Waals surface area (Å²) < 4.78 is 0. The molecule has 0 nitrogen and oxygen atoms in total.